The quantitative estimate of drug-likeness (QED) is 0.472. The Balaban J connectivity index is 1.58. The molecule has 3 rings (SSSR count). The number of hydrogen-bond acceptors (Lipinski definition) is 4. The Morgan fingerprint density at radius 3 is 2.72 bits per heavy atom. The largest absolute Gasteiger partial charge is 0.483 e. The third kappa shape index (κ3) is 5.45. The van der Waals surface area contributed by atoms with Gasteiger partial charge in [-0.3, -0.25) is 4.79 Å². The number of hydrogen-bond donors (Lipinski definition) is 1. The summed E-state index contributed by atoms with van der Waals surface area (Å²) in [5, 5.41) is 8.92. The minimum atomic E-state index is -0.354. The first-order valence-corrected chi connectivity index (χ1v) is 9.60. The molecule has 0 bridgehead atoms. The standard InChI is InChI=1S/C22H23ClN4O2/c1-15-9-10-16(2)20(11-15)29-14-21(28)25-24-12-19-17(3)26-27(22(19)23)13-18-7-5-4-6-8-18/h4-12H,13-14H2,1-3H3,(H,25,28). The van der Waals surface area contributed by atoms with E-state index in [4.69, 9.17) is 16.3 Å². The lowest BCUT2D eigenvalue weighted by atomic mass is 10.1. The summed E-state index contributed by atoms with van der Waals surface area (Å²) in [7, 11) is 0. The molecular formula is C22H23ClN4O2. The zero-order chi connectivity index (χ0) is 20.8. The maximum absolute atomic E-state index is 12.0. The number of ether oxygens (including phenoxy) is 1. The van der Waals surface area contributed by atoms with Crippen molar-refractivity contribution in [3.63, 3.8) is 0 Å². The number of amides is 1. The highest BCUT2D eigenvalue weighted by atomic mass is 35.5. The van der Waals surface area contributed by atoms with Crippen molar-refractivity contribution in [1.29, 1.82) is 0 Å². The summed E-state index contributed by atoms with van der Waals surface area (Å²) in [5.41, 5.74) is 6.99. The average Bonchev–Trinajstić information content (AvgIpc) is 2.97. The second-order valence-corrected chi connectivity index (χ2v) is 7.14. The van der Waals surface area contributed by atoms with Crippen LogP contribution in [0.15, 0.2) is 53.6 Å². The van der Waals surface area contributed by atoms with Crippen LogP contribution in [-0.2, 0) is 11.3 Å². The van der Waals surface area contributed by atoms with E-state index in [0.29, 0.717) is 23.0 Å². The summed E-state index contributed by atoms with van der Waals surface area (Å²) < 4.78 is 7.28. The van der Waals surface area contributed by atoms with Gasteiger partial charge in [-0.1, -0.05) is 54.1 Å². The molecule has 1 aromatic heterocycles. The predicted octanol–water partition coefficient (Wildman–Crippen LogP) is 4.04. The second kappa shape index (κ2) is 9.39. The number of halogens is 1. The maximum atomic E-state index is 12.0. The fourth-order valence-electron chi connectivity index (χ4n) is 2.78. The van der Waals surface area contributed by atoms with Gasteiger partial charge >= 0.3 is 0 Å². The van der Waals surface area contributed by atoms with Crippen LogP contribution in [0.3, 0.4) is 0 Å². The monoisotopic (exact) mass is 410 g/mol. The van der Waals surface area contributed by atoms with Crippen LogP contribution in [-0.4, -0.2) is 28.5 Å². The molecule has 2 aromatic carbocycles. The molecule has 1 heterocycles. The molecule has 1 amide bonds. The smallest absolute Gasteiger partial charge is 0.277 e. The Morgan fingerprint density at radius 2 is 1.97 bits per heavy atom. The van der Waals surface area contributed by atoms with Gasteiger partial charge in [-0.2, -0.15) is 10.2 Å². The Labute approximate surface area is 175 Å². The van der Waals surface area contributed by atoms with Crippen LogP contribution in [0.2, 0.25) is 5.15 Å². The van der Waals surface area contributed by atoms with E-state index in [2.05, 4.69) is 15.6 Å². The van der Waals surface area contributed by atoms with Crippen molar-refractivity contribution in [2.75, 3.05) is 6.61 Å². The molecule has 0 radical (unpaired) electrons. The highest BCUT2D eigenvalue weighted by Gasteiger charge is 2.12. The normalized spacial score (nSPS) is 11.0. The molecule has 0 aliphatic rings. The topological polar surface area (TPSA) is 68.5 Å². The molecule has 0 saturated carbocycles. The summed E-state index contributed by atoms with van der Waals surface area (Å²) in [6.07, 6.45) is 1.50. The van der Waals surface area contributed by atoms with E-state index >= 15 is 0 Å². The van der Waals surface area contributed by atoms with E-state index in [9.17, 15) is 4.79 Å². The van der Waals surface area contributed by atoms with Gasteiger partial charge in [-0.25, -0.2) is 10.1 Å². The van der Waals surface area contributed by atoms with Gasteiger partial charge in [0.25, 0.3) is 5.91 Å². The molecule has 0 spiro atoms. The van der Waals surface area contributed by atoms with Gasteiger partial charge in [0.1, 0.15) is 10.9 Å². The van der Waals surface area contributed by atoms with Gasteiger partial charge < -0.3 is 4.74 Å². The fraction of sp³-hybridized carbons (Fsp3) is 0.227. The Kier molecular flexibility index (Phi) is 6.67. The molecule has 0 fully saturated rings. The molecule has 150 valence electrons. The van der Waals surface area contributed by atoms with E-state index in [1.54, 1.807) is 4.68 Å². The first kappa shape index (κ1) is 20.6. The van der Waals surface area contributed by atoms with E-state index in [0.717, 1.165) is 22.4 Å². The van der Waals surface area contributed by atoms with Crippen molar-refractivity contribution in [3.8, 4) is 5.75 Å². The van der Waals surface area contributed by atoms with Crippen molar-refractivity contribution in [3.05, 3.63) is 81.6 Å². The third-order valence-corrected chi connectivity index (χ3v) is 4.77. The minimum absolute atomic E-state index is 0.123. The fourth-order valence-corrected chi connectivity index (χ4v) is 3.07. The predicted molar refractivity (Wildman–Crippen MR) is 115 cm³/mol. The van der Waals surface area contributed by atoms with Crippen LogP contribution in [0.25, 0.3) is 0 Å². The lowest BCUT2D eigenvalue weighted by Crippen LogP contribution is -2.24. The van der Waals surface area contributed by atoms with Crippen molar-refractivity contribution in [2.24, 2.45) is 5.10 Å². The van der Waals surface area contributed by atoms with Crippen LogP contribution in [0.4, 0.5) is 0 Å². The average molecular weight is 411 g/mol. The van der Waals surface area contributed by atoms with Gasteiger partial charge in [0.15, 0.2) is 6.61 Å². The Hall–Kier alpha value is -3.12. The first-order valence-electron chi connectivity index (χ1n) is 9.23. The molecule has 0 atom stereocenters. The zero-order valence-corrected chi connectivity index (χ0v) is 17.4. The molecule has 0 aliphatic carbocycles. The lowest BCUT2D eigenvalue weighted by molar-refractivity contribution is -0.123. The van der Waals surface area contributed by atoms with Crippen LogP contribution in [0.5, 0.6) is 5.75 Å². The number of carbonyl (C=O) groups is 1. The Bertz CT molecular complexity index is 1030. The number of hydrazone groups is 1. The van der Waals surface area contributed by atoms with Crippen molar-refractivity contribution in [1.82, 2.24) is 15.2 Å². The highest BCUT2D eigenvalue weighted by molar-refractivity contribution is 6.32. The second-order valence-electron chi connectivity index (χ2n) is 6.78. The Morgan fingerprint density at radius 1 is 1.21 bits per heavy atom. The molecular weight excluding hydrogens is 388 g/mol. The van der Waals surface area contributed by atoms with E-state index in [1.165, 1.54) is 6.21 Å². The molecule has 29 heavy (non-hydrogen) atoms. The summed E-state index contributed by atoms with van der Waals surface area (Å²) in [5.74, 6) is 0.331. The SMILES string of the molecule is Cc1ccc(C)c(OCC(=O)NN=Cc2c(C)nn(Cc3ccccc3)c2Cl)c1. The highest BCUT2D eigenvalue weighted by Crippen LogP contribution is 2.20. The van der Waals surface area contributed by atoms with Gasteiger partial charge in [0, 0.05) is 0 Å². The number of aromatic nitrogens is 2. The molecule has 0 saturated heterocycles. The van der Waals surface area contributed by atoms with Gasteiger partial charge in [-0.15, -0.1) is 0 Å². The van der Waals surface area contributed by atoms with Crippen LogP contribution in [0, 0.1) is 20.8 Å². The third-order valence-electron chi connectivity index (χ3n) is 4.37. The van der Waals surface area contributed by atoms with Gasteiger partial charge in [0.05, 0.1) is 24.0 Å². The molecule has 1 N–H and O–H groups in total. The van der Waals surface area contributed by atoms with Crippen molar-refractivity contribution >= 4 is 23.7 Å². The number of nitrogens with one attached hydrogen (secondary N) is 1. The summed E-state index contributed by atoms with van der Waals surface area (Å²) in [6.45, 7) is 6.19. The van der Waals surface area contributed by atoms with Crippen LogP contribution in [0.1, 0.15) is 27.9 Å². The number of benzene rings is 2. The first-order chi connectivity index (χ1) is 13.9. The van der Waals surface area contributed by atoms with Crippen molar-refractivity contribution in [2.45, 2.75) is 27.3 Å². The van der Waals surface area contributed by atoms with E-state index in [1.807, 2.05) is 69.3 Å². The van der Waals surface area contributed by atoms with E-state index in [-0.39, 0.29) is 12.5 Å². The minimum Gasteiger partial charge on any atom is -0.483 e. The number of carbonyl (C=O) groups excluding carboxylic acids is 1. The molecule has 7 heteroatoms. The maximum Gasteiger partial charge on any atom is 0.277 e. The van der Waals surface area contributed by atoms with Gasteiger partial charge in [-0.05, 0) is 43.5 Å². The van der Waals surface area contributed by atoms with Gasteiger partial charge in [0.2, 0.25) is 0 Å². The molecule has 0 unspecified atom stereocenters. The summed E-state index contributed by atoms with van der Waals surface area (Å²) in [4.78, 5) is 12.0. The van der Waals surface area contributed by atoms with Crippen molar-refractivity contribution < 1.29 is 9.53 Å². The van der Waals surface area contributed by atoms with Crippen LogP contribution >= 0.6 is 11.6 Å². The molecule has 6 nitrogen and oxygen atoms in total. The lowest BCUT2D eigenvalue weighted by Gasteiger charge is -2.08. The number of nitrogens with zero attached hydrogens (tertiary/aromatic N) is 3. The summed E-state index contributed by atoms with van der Waals surface area (Å²) in [6, 6.07) is 15.8. The number of aryl methyl sites for hydroxylation is 3. The van der Waals surface area contributed by atoms with E-state index < -0.39 is 0 Å². The molecule has 3 aromatic rings. The number of rotatable bonds is 7. The molecule has 0 aliphatic heterocycles. The summed E-state index contributed by atoms with van der Waals surface area (Å²) >= 11 is 6.44. The van der Waals surface area contributed by atoms with Crippen LogP contribution < -0.4 is 10.2 Å². The zero-order valence-electron chi connectivity index (χ0n) is 16.6.